The van der Waals surface area contributed by atoms with Crippen molar-refractivity contribution in [3.8, 4) is 11.1 Å². The molecular formula is C19H19NO4. The van der Waals surface area contributed by atoms with Crippen molar-refractivity contribution < 1.29 is 19.8 Å². The predicted octanol–water partition coefficient (Wildman–Crippen LogP) is 3.88. The molecule has 3 rings (SSSR count). The minimum Gasteiger partial charge on any atom is -0.478 e. The van der Waals surface area contributed by atoms with E-state index in [9.17, 15) is 19.8 Å². The second-order valence-electron chi connectivity index (χ2n) is 6.19. The molecule has 1 aliphatic rings. The Bertz CT molecular complexity index is 809. The van der Waals surface area contributed by atoms with E-state index in [1.807, 2.05) is 24.3 Å². The zero-order valence-electron chi connectivity index (χ0n) is 13.4. The van der Waals surface area contributed by atoms with E-state index >= 15 is 0 Å². The Morgan fingerprint density at radius 2 is 1.71 bits per heavy atom. The first-order chi connectivity index (χ1) is 11.5. The number of aryl methyl sites for hydroxylation is 1. The number of hydrogen-bond donors (Lipinski definition) is 3. The average Bonchev–Trinajstić information content (AvgIpc) is 3.36. The van der Waals surface area contributed by atoms with Crippen molar-refractivity contribution >= 4 is 17.6 Å². The molecule has 0 spiro atoms. The standard InChI is InChI=1S/C19H19NO4/c1-11-8-15(16(19(23)24)9-14(11)18(21)22)13-4-2-3-5-17(13)20-10-12-6-7-12/h2-5,8-9,12,20H,6-7,10H2,1H3,(H,21,22)(H,23,24). The van der Waals surface area contributed by atoms with E-state index in [4.69, 9.17) is 0 Å². The zero-order valence-corrected chi connectivity index (χ0v) is 13.4. The van der Waals surface area contributed by atoms with Gasteiger partial charge in [0.15, 0.2) is 0 Å². The summed E-state index contributed by atoms with van der Waals surface area (Å²) in [5.41, 5.74) is 2.73. The second-order valence-corrected chi connectivity index (χ2v) is 6.19. The number of anilines is 1. The molecule has 0 amide bonds. The van der Waals surface area contributed by atoms with Crippen molar-refractivity contribution in [1.82, 2.24) is 0 Å². The molecule has 0 atom stereocenters. The number of hydrogen-bond acceptors (Lipinski definition) is 3. The molecule has 124 valence electrons. The van der Waals surface area contributed by atoms with Crippen molar-refractivity contribution in [1.29, 1.82) is 0 Å². The van der Waals surface area contributed by atoms with E-state index in [-0.39, 0.29) is 11.1 Å². The van der Waals surface area contributed by atoms with Gasteiger partial charge in [0.05, 0.1) is 11.1 Å². The van der Waals surface area contributed by atoms with E-state index < -0.39 is 11.9 Å². The van der Waals surface area contributed by atoms with Crippen LogP contribution in [-0.2, 0) is 0 Å². The highest BCUT2D eigenvalue weighted by Crippen LogP contribution is 2.34. The highest BCUT2D eigenvalue weighted by Gasteiger charge is 2.22. The SMILES string of the molecule is Cc1cc(-c2ccccc2NCC2CC2)c(C(=O)O)cc1C(=O)O. The van der Waals surface area contributed by atoms with E-state index in [2.05, 4.69) is 5.32 Å². The van der Waals surface area contributed by atoms with Gasteiger partial charge >= 0.3 is 11.9 Å². The van der Waals surface area contributed by atoms with Gasteiger partial charge in [-0.25, -0.2) is 9.59 Å². The molecule has 0 radical (unpaired) electrons. The minimum absolute atomic E-state index is 0.00123. The smallest absolute Gasteiger partial charge is 0.336 e. The first kappa shape index (κ1) is 16.1. The number of nitrogens with one attached hydrogen (secondary N) is 1. The number of carbonyl (C=O) groups is 2. The summed E-state index contributed by atoms with van der Waals surface area (Å²) in [6.45, 7) is 2.55. The number of benzene rings is 2. The van der Waals surface area contributed by atoms with E-state index in [1.165, 1.54) is 18.9 Å². The predicted molar refractivity (Wildman–Crippen MR) is 91.7 cm³/mol. The minimum atomic E-state index is -1.13. The maximum absolute atomic E-state index is 11.7. The summed E-state index contributed by atoms with van der Waals surface area (Å²) in [6.07, 6.45) is 2.45. The number of rotatable bonds is 6. The van der Waals surface area contributed by atoms with Gasteiger partial charge in [0.25, 0.3) is 0 Å². The van der Waals surface area contributed by atoms with Crippen molar-refractivity contribution in [2.45, 2.75) is 19.8 Å². The maximum atomic E-state index is 11.7. The molecule has 3 N–H and O–H groups in total. The van der Waals surface area contributed by atoms with E-state index in [0.717, 1.165) is 17.8 Å². The lowest BCUT2D eigenvalue weighted by Gasteiger charge is -2.15. The summed E-state index contributed by atoms with van der Waals surface area (Å²) in [7, 11) is 0. The van der Waals surface area contributed by atoms with Gasteiger partial charge in [-0.1, -0.05) is 18.2 Å². The molecule has 0 saturated heterocycles. The molecule has 0 bridgehead atoms. The van der Waals surface area contributed by atoms with Crippen LogP contribution >= 0.6 is 0 Å². The van der Waals surface area contributed by atoms with Crippen molar-refractivity contribution in [2.24, 2.45) is 5.92 Å². The maximum Gasteiger partial charge on any atom is 0.336 e. The quantitative estimate of drug-likeness (QED) is 0.750. The number of carboxylic acids is 2. The fourth-order valence-electron chi connectivity index (χ4n) is 2.79. The molecule has 0 heterocycles. The van der Waals surface area contributed by atoms with Gasteiger partial charge in [0.2, 0.25) is 0 Å². The van der Waals surface area contributed by atoms with Gasteiger partial charge in [-0.15, -0.1) is 0 Å². The molecule has 5 nitrogen and oxygen atoms in total. The first-order valence-corrected chi connectivity index (χ1v) is 7.92. The van der Waals surface area contributed by atoms with Crippen LogP contribution in [-0.4, -0.2) is 28.7 Å². The van der Waals surface area contributed by atoms with Crippen molar-refractivity contribution in [2.75, 3.05) is 11.9 Å². The molecule has 0 aromatic heterocycles. The van der Waals surface area contributed by atoms with Crippen LogP contribution in [0.25, 0.3) is 11.1 Å². The fourth-order valence-corrected chi connectivity index (χ4v) is 2.79. The Kier molecular flexibility index (Phi) is 4.25. The Balaban J connectivity index is 2.09. The Hall–Kier alpha value is -2.82. The van der Waals surface area contributed by atoms with Crippen LogP contribution in [0.4, 0.5) is 5.69 Å². The van der Waals surface area contributed by atoms with Crippen LogP contribution < -0.4 is 5.32 Å². The normalized spacial score (nSPS) is 13.5. The Morgan fingerprint density at radius 1 is 1.04 bits per heavy atom. The molecule has 2 aromatic rings. The Labute approximate surface area is 139 Å². The van der Waals surface area contributed by atoms with Gasteiger partial charge in [0.1, 0.15) is 0 Å². The number of carboxylic acid groups (broad SMARTS) is 2. The van der Waals surface area contributed by atoms with Crippen LogP contribution in [0, 0.1) is 12.8 Å². The monoisotopic (exact) mass is 325 g/mol. The van der Waals surface area contributed by atoms with Crippen LogP contribution in [0.1, 0.15) is 39.1 Å². The van der Waals surface area contributed by atoms with E-state index in [0.29, 0.717) is 17.0 Å². The molecule has 24 heavy (non-hydrogen) atoms. The molecule has 0 unspecified atom stereocenters. The van der Waals surface area contributed by atoms with Crippen molar-refractivity contribution in [3.05, 3.63) is 53.1 Å². The summed E-state index contributed by atoms with van der Waals surface area (Å²) >= 11 is 0. The van der Waals surface area contributed by atoms with Gasteiger partial charge in [-0.3, -0.25) is 0 Å². The van der Waals surface area contributed by atoms with Crippen LogP contribution in [0.15, 0.2) is 36.4 Å². The lowest BCUT2D eigenvalue weighted by molar-refractivity contribution is 0.0695. The fraction of sp³-hybridized carbons (Fsp3) is 0.263. The summed E-state index contributed by atoms with van der Waals surface area (Å²) in [5, 5.41) is 22.2. The summed E-state index contributed by atoms with van der Waals surface area (Å²) in [6, 6.07) is 10.4. The summed E-state index contributed by atoms with van der Waals surface area (Å²) in [5.74, 6) is -1.57. The molecular weight excluding hydrogens is 306 g/mol. The zero-order chi connectivity index (χ0) is 17.3. The van der Waals surface area contributed by atoms with Crippen molar-refractivity contribution in [3.63, 3.8) is 0 Å². The highest BCUT2D eigenvalue weighted by atomic mass is 16.4. The third-order valence-corrected chi connectivity index (χ3v) is 4.32. The largest absolute Gasteiger partial charge is 0.478 e. The van der Waals surface area contributed by atoms with Crippen LogP contribution in [0.3, 0.4) is 0 Å². The highest BCUT2D eigenvalue weighted by molar-refractivity contribution is 6.02. The molecule has 5 heteroatoms. The molecule has 1 fully saturated rings. The Morgan fingerprint density at radius 3 is 2.33 bits per heavy atom. The molecule has 2 aromatic carbocycles. The second kappa shape index (κ2) is 6.35. The first-order valence-electron chi connectivity index (χ1n) is 7.92. The summed E-state index contributed by atoms with van der Waals surface area (Å²) < 4.78 is 0. The molecule has 1 aliphatic carbocycles. The van der Waals surface area contributed by atoms with E-state index in [1.54, 1.807) is 13.0 Å². The third-order valence-electron chi connectivity index (χ3n) is 4.32. The lowest BCUT2D eigenvalue weighted by Crippen LogP contribution is -2.09. The van der Waals surface area contributed by atoms with Gasteiger partial charge in [0, 0.05) is 17.8 Å². The van der Waals surface area contributed by atoms with Gasteiger partial charge in [-0.2, -0.15) is 0 Å². The third kappa shape index (κ3) is 3.25. The van der Waals surface area contributed by atoms with Crippen LogP contribution in [0.2, 0.25) is 0 Å². The lowest BCUT2D eigenvalue weighted by atomic mass is 9.93. The number of aromatic carboxylic acids is 2. The number of para-hydroxylation sites is 1. The van der Waals surface area contributed by atoms with Gasteiger partial charge < -0.3 is 15.5 Å². The average molecular weight is 325 g/mol. The topological polar surface area (TPSA) is 86.6 Å². The molecule has 0 aliphatic heterocycles. The summed E-state index contributed by atoms with van der Waals surface area (Å²) in [4.78, 5) is 22.9. The molecule has 1 saturated carbocycles. The van der Waals surface area contributed by atoms with Gasteiger partial charge in [-0.05, 0) is 55.0 Å². The van der Waals surface area contributed by atoms with Crippen LogP contribution in [0.5, 0.6) is 0 Å².